The van der Waals surface area contributed by atoms with Crippen LogP contribution in [0.3, 0.4) is 0 Å². The Morgan fingerprint density at radius 1 is 0.950 bits per heavy atom. The highest BCUT2D eigenvalue weighted by atomic mass is 79.9. The van der Waals surface area contributed by atoms with Crippen LogP contribution in [0.2, 0.25) is 0 Å². The van der Waals surface area contributed by atoms with Gasteiger partial charge in [-0.15, -0.1) is 0 Å². The van der Waals surface area contributed by atoms with Gasteiger partial charge >= 0.3 is 5.69 Å². The fraction of sp³-hybridized carbons (Fsp3) is 0.786. The van der Waals surface area contributed by atoms with E-state index >= 15 is 0 Å². The van der Waals surface area contributed by atoms with E-state index in [1.807, 2.05) is 6.92 Å². The molecule has 0 radical (unpaired) electrons. The highest BCUT2D eigenvalue weighted by molar-refractivity contribution is 9.10. The van der Waals surface area contributed by atoms with Gasteiger partial charge in [0.2, 0.25) is 0 Å². The summed E-state index contributed by atoms with van der Waals surface area (Å²) in [5.41, 5.74) is -0.618. The third-order valence-corrected chi connectivity index (χ3v) is 3.79. The zero-order valence-electron chi connectivity index (χ0n) is 12.4. The molecule has 1 heterocycles. The van der Waals surface area contributed by atoms with E-state index in [2.05, 4.69) is 28.0 Å². The standard InChI is InChI=1S/C14H24BrN3O2/c1-3-5-7-8-9-11-18-14(20)17(10-6-4-2)13(19)12(15)16-18/h3-11H2,1-2H3. The van der Waals surface area contributed by atoms with E-state index in [0.29, 0.717) is 13.1 Å². The molecule has 0 spiro atoms. The molecule has 0 atom stereocenters. The second kappa shape index (κ2) is 9.10. The Bertz CT molecular complexity index is 522. The molecule has 0 saturated heterocycles. The van der Waals surface area contributed by atoms with Crippen LogP contribution < -0.4 is 11.2 Å². The van der Waals surface area contributed by atoms with Gasteiger partial charge in [-0.1, -0.05) is 46.0 Å². The van der Waals surface area contributed by atoms with E-state index in [1.54, 1.807) is 0 Å². The van der Waals surface area contributed by atoms with E-state index in [0.717, 1.165) is 25.7 Å². The quantitative estimate of drug-likeness (QED) is 0.646. The summed E-state index contributed by atoms with van der Waals surface area (Å²) in [6, 6.07) is 0. The van der Waals surface area contributed by atoms with Crippen molar-refractivity contribution in [2.45, 2.75) is 71.9 Å². The van der Waals surface area contributed by atoms with E-state index in [1.165, 1.54) is 28.5 Å². The molecule has 6 heteroatoms. The van der Waals surface area contributed by atoms with Gasteiger partial charge in [0.25, 0.3) is 5.56 Å². The molecule has 0 amide bonds. The van der Waals surface area contributed by atoms with Gasteiger partial charge in [0.05, 0.1) is 0 Å². The van der Waals surface area contributed by atoms with Crippen LogP contribution >= 0.6 is 15.9 Å². The van der Waals surface area contributed by atoms with E-state index in [9.17, 15) is 9.59 Å². The number of nitrogens with zero attached hydrogens (tertiary/aromatic N) is 3. The highest BCUT2D eigenvalue weighted by Crippen LogP contribution is 2.03. The van der Waals surface area contributed by atoms with Gasteiger partial charge in [-0.25, -0.2) is 9.48 Å². The van der Waals surface area contributed by atoms with Crippen molar-refractivity contribution >= 4 is 15.9 Å². The van der Waals surface area contributed by atoms with Crippen molar-refractivity contribution in [2.24, 2.45) is 0 Å². The molecule has 0 fully saturated rings. The zero-order chi connectivity index (χ0) is 15.0. The number of rotatable bonds is 9. The van der Waals surface area contributed by atoms with Crippen LogP contribution in [0.4, 0.5) is 0 Å². The van der Waals surface area contributed by atoms with Crippen molar-refractivity contribution in [2.75, 3.05) is 0 Å². The van der Waals surface area contributed by atoms with Crippen molar-refractivity contribution in [3.8, 4) is 0 Å². The minimum atomic E-state index is -0.328. The summed E-state index contributed by atoms with van der Waals surface area (Å²) in [5.74, 6) is 0. The van der Waals surface area contributed by atoms with E-state index < -0.39 is 0 Å². The van der Waals surface area contributed by atoms with E-state index in [4.69, 9.17) is 0 Å². The predicted octanol–water partition coefficient (Wildman–Crippen LogP) is 2.94. The summed E-state index contributed by atoms with van der Waals surface area (Å²) in [5, 5.41) is 4.05. The molecule has 20 heavy (non-hydrogen) atoms. The monoisotopic (exact) mass is 345 g/mol. The SMILES string of the molecule is CCCCCCCn1nc(Br)c(=O)n(CCCC)c1=O. The molecule has 0 N–H and O–H groups in total. The Kier molecular flexibility index (Phi) is 7.80. The maximum absolute atomic E-state index is 12.2. The Hall–Kier alpha value is -0.910. The molecule has 1 aromatic heterocycles. The zero-order valence-corrected chi connectivity index (χ0v) is 14.0. The molecule has 1 aromatic rings. The molecule has 0 aromatic carbocycles. The number of aryl methyl sites for hydroxylation is 1. The van der Waals surface area contributed by atoms with Gasteiger partial charge in [0.1, 0.15) is 0 Å². The number of aromatic nitrogens is 3. The predicted molar refractivity (Wildman–Crippen MR) is 84.1 cm³/mol. The van der Waals surface area contributed by atoms with Crippen LogP contribution in [-0.4, -0.2) is 14.3 Å². The first kappa shape index (κ1) is 17.1. The maximum atomic E-state index is 12.2. The van der Waals surface area contributed by atoms with Crippen LogP contribution in [0.15, 0.2) is 14.2 Å². The minimum Gasteiger partial charge on any atom is -0.266 e. The van der Waals surface area contributed by atoms with Gasteiger partial charge < -0.3 is 0 Å². The Morgan fingerprint density at radius 2 is 1.60 bits per heavy atom. The summed E-state index contributed by atoms with van der Waals surface area (Å²) in [6.07, 6.45) is 7.39. The fourth-order valence-electron chi connectivity index (χ4n) is 2.05. The second-order valence-corrected chi connectivity index (χ2v) is 5.77. The first-order chi connectivity index (χ1) is 9.61. The fourth-order valence-corrected chi connectivity index (χ4v) is 2.46. The lowest BCUT2D eigenvalue weighted by Crippen LogP contribution is -2.42. The van der Waals surface area contributed by atoms with Gasteiger partial charge in [0.15, 0.2) is 4.60 Å². The molecule has 0 aliphatic carbocycles. The Balaban J connectivity index is 2.78. The van der Waals surface area contributed by atoms with Crippen LogP contribution in [0.25, 0.3) is 0 Å². The van der Waals surface area contributed by atoms with Gasteiger partial charge in [-0.05, 0) is 28.8 Å². The smallest absolute Gasteiger partial charge is 0.266 e. The maximum Gasteiger partial charge on any atom is 0.347 e. The lowest BCUT2D eigenvalue weighted by Gasteiger charge is -2.09. The molecule has 114 valence electrons. The molecule has 0 aliphatic rings. The topological polar surface area (TPSA) is 56.9 Å². The molecular weight excluding hydrogens is 322 g/mol. The largest absolute Gasteiger partial charge is 0.347 e. The van der Waals surface area contributed by atoms with Crippen LogP contribution in [0.5, 0.6) is 0 Å². The molecule has 0 bridgehead atoms. The average Bonchev–Trinajstić information content (AvgIpc) is 2.44. The number of halogens is 1. The summed E-state index contributed by atoms with van der Waals surface area (Å²) < 4.78 is 2.92. The Labute approximate surface area is 128 Å². The van der Waals surface area contributed by atoms with Crippen molar-refractivity contribution < 1.29 is 0 Å². The van der Waals surface area contributed by atoms with Gasteiger partial charge in [-0.3, -0.25) is 9.36 Å². The first-order valence-corrected chi connectivity index (χ1v) is 8.28. The van der Waals surface area contributed by atoms with Crippen LogP contribution in [-0.2, 0) is 13.1 Å². The molecule has 5 nitrogen and oxygen atoms in total. The van der Waals surface area contributed by atoms with Crippen molar-refractivity contribution in [1.82, 2.24) is 14.3 Å². The number of unbranched alkanes of at least 4 members (excludes halogenated alkanes) is 5. The number of hydrogen-bond donors (Lipinski definition) is 0. The van der Waals surface area contributed by atoms with Gasteiger partial charge in [0, 0.05) is 13.1 Å². The average molecular weight is 346 g/mol. The minimum absolute atomic E-state index is 0.224. The first-order valence-electron chi connectivity index (χ1n) is 7.49. The van der Waals surface area contributed by atoms with Crippen LogP contribution in [0.1, 0.15) is 58.8 Å². The van der Waals surface area contributed by atoms with Crippen LogP contribution in [0, 0.1) is 0 Å². The Morgan fingerprint density at radius 3 is 2.25 bits per heavy atom. The molecule has 0 saturated carbocycles. The highest BCUT2D eigenvalue weighted by Gasteiger charge is 2.10. The lowest BCUT2D eigenvalue weighted by molar-refractivity contribution is 0.452. The third-order valence-electron chi connectivity index (χ3n) is 3.29. The van der Waals surface area contributed by atoms with Crippen molar-refractivity contribution in [3.05, 3.63) is 25.4 Å². The number of hydrogen-bond acceptors (Lipinski definition) is 3. The second-order valence-electron chi connectivity index (χ2n) is 5.02. The molecule has 0 aliphatic heterocycles. The van der Waals surface area contributed by atoms with Crippen molar-refractivity contribution in [3.63, 3.8) is 0 Å². The summed E-state index contributed by atoms with van der Waals surface area (Å²) in [4.78, 5) is 24.1. The molecule has 0 unspecified atom stereocenters. The third kappa shape index (κ3) is 4.89. The molecular formula is C14H24BrN3O2. The normalized spacial score (nSPS) is 10.9. The van der Waals surface area contributed by atoms with Crippen molar-refractivity contribution in [1.29, 1.82) is 0 Å². The molecule has 1 rings (SSSR count). The summed E-state index contributed by atoms with van der Waals surface area (Å²) in [6.45, 7) is 5.25. The van der Waals surface area contributed by atoms with E-state index in [-0.39, 0.29) is 15.9 Å². The summed E-state index contributed by atoms with van der Waals surface area (Å²) in [7, 11) is 0. The lowest BCUT2D eigenvalue weighted by atomic mass is 10.1. The van der Waals surface area contributed by atoms with Gasteiger partial charge in [-0.2, -0.15) is 5.10 Å². The summed E-state index contributed by atoms with van der Waals surface area (Å²) >= 11 is 3.15.